The fraction of sp³-hybridized carbons (Fsp3) is 0.364. The number of carboxylic acid groups (broad SMARTS) is 1. The third-order valence-corrected chi connectivity index (χ3v) is 2.29. The number of phenols is 1. The Kier molecular flexibility index (Phi) is 3.73. The standard InChI is InChI=1S/C11H15NO4/c1-6-3-7(4-8(12)11(14)15)5-9(13)10(6)16-2/h3,5,8,13H,4,12H2,1-2H3,(H,14,15)/t8-/m0/s1. The first-order valence-corrected chi connectivity index (χ1v) is 4.80. The van der Waals surface area contributed by atoms with Crippen LogP contribution >= 0.6 is 0 Å². The Hall–Kier alpha value is -1.75. The van der Waals surface area contributed by atoms with E-state index in [2.05, 4.69) is 0 Å². The van der Waals surface area contributed by atoms with E-state index >= 15 is 0 Å². The van der Waals surface area contributed by atoms with Gasteiger partial charge in [0.05, 0.1) is 7.11 Å². The van der Waals surface area contributed by atoms with Crippen LogP contribution in [-0.4, -0.2) is 29.3 Å². The van der Waals surface area contributed by atoms with Crippen molar-refractivity contribution in [3.63, 3.8) is 0 Å². The van der Waals surface area contributed by atoms with Crippen LogP contribution in [0.25, 0.3) is 0 Å². The van der Waals surface area contributed by atoms with Crippen molar-refractivity contribution in [2.75, 3.05) is 7.11 Å². The van der Waals surface area contributed by atoms with Crippen molar-refractivity contribution in [3.05, 3.63) is 23.3 Å². The molecular formula is C11H15NO4. The molecule has 0 fully saturated rings. The highest BCUT2D eigenvalue weighted by Gasteiger charge is 2.14. The molecule has 0 saturated heterocycles. The summed E-state index contributed by atoms with van der Waals surface area (Å²) in [7, 11) is 1.46. The van der Waals surface area contributed by atoms with Gasteiger partial charge in [-0.1, -0.05) is 6.07 Å². The molecular weight excluding hydrogens is 210 g/mol. The van der Waals surface area contributed by atoms with Crippen LogP contribution in [0.3, 0.4) is 0 Å². The Morgan fingerprint density at radius 3 is 2.62 bits per heavy atom. The smallest absolute Gasteiger partial charge is 0.320 e. The summed E-state index contributed by atoms with van der Waals surface area (Å²) in [5.41, 5.74) is 6.82. The minimum Gasteiger partial charge on any atom is -0.504 e. The summed E-state index contributed by atoms with van der Waals surface area (Å²) in [6.45, 7) is 1.77. The second-order valence-electron chi connectivity index (χ2n) is 3.61. The van der Waals surface area contributed by atoms with Crippen molar-refractivity contribution in [2.24, 2.45) is 5.73 Å². The van der Waals surface area contributed by atoms with Crippen molar-refractivity contribution in [1.29, 1.82) is 0 Å². The fourth-order valence-electron chi connectivity index (χ4n) is 1.55. The Labute approximate surface area is 93.5 Å². The molecule has 1 aromatic rings. The molecule has 4 N–H and O–H groups in total. The second-order valence-corrected chi connectivity index (χ2v) is 3.61. The second kappa shape index (κ2) is 4.85. The molecule has 16 heavy (non-hydrogen) atoms. The zero-order valence-corrected chi connectivity index (χ0v) is 9.23. The Balaban J connectivity index is 2.96. The van der Waals surface area contributed by atoms with Gasteiger partial charge < -0.3 is 20.7 Å². The predicted molar refractivity (Wildman–Crippen MR) is 58.7 cm³/mol. The van der Waals surface area contributed by atoms with Crippen LogP contribution < -0.4 is 10.5 Å². The first-order chi connectivity index (χ1) is 7.45. The normalized spacial score (nSPS) is 12.2. The molecule has 0 amide bonds. The zero-order valence-electron chi connectivity index (χ0n) is 9.23. The molecule has 1 aromatic carbocycles. The van der Waals surface area contributed by atoms with Gasteiger partial charge in [-0.3, -0.25) is 4.79 Å². The van der Waals surface area contributed by atoms with Crippen LogP contribution in [0.1, 0.15) is 11.1 Å². The summed E-state index contributed by atoms with van der Waals surface area (Å²) in [5.74, 6) is -0.671. The molecule has 0 aliphatic heterocycles. The van der Waals surface area contributed by atoms with E-state index in [1.807, 2.05) is 0 Å². The number of methoxy groups -OCH3 is 1. The van der Waals surface area contributed by atoms with Crippen molar-refractivity contribution in [3.8, 4) is 11.5 Å². The number of hydrogen-bond acceptors (Lipinski definition) is 4. The number of carboxylic acids is 1. The monoisotopic (exact) mass is 225 g/mol. The number of aliphatic carboxylic acids is 1. The van der Waals surface area contributed by atoms with Crippen LogP contribution in [0.2, 0.25) is 0 Å². The average molecular weight is 225 g/mol. The van der Waals surface area contributed by atoms with Gasteiger partial charge in [-0.2, -0.15) is 0 Å². The maximum absolute atomic E-state index is 10.6. The molecule has 0 aromatic heterocycles. The molecule has 5 nitrogen and oxygen atoms in total. The first kappa shape index (κ1) is 12.3. The quantitative estimate of drug-likeness (QED) is 0.700. The van der Waals surface area contributed by atoms with E-state index in [0.29, 0.717) is 11.3 Å². The van der Waals surface area contributed by atoms with Gasteiger partial charge in [-0.15, -0.1) is 0 Å². The van der Waals surface area contributed by atoms with Crippen molar-refractivity contribution < 1.29 is 19.7 Å². The van der Waals surface area contributed by atoms with Crippen LogP contribution in [0, 0.1) is 6.92 Å². The van der Waals surface area contributed by atoms with E-state index in [-0.39, 0.29) is 12.2 Å². The van der Waals surface area contributed by atoms with Gasteiger partial charge >= 0.3 is 5.97 Å². The van der Waals surface area contributed by atoms with E-state index < -0.39 is 12.0 Å². The summed E-state index contributed by atoms with van der Waals surface area (Å²) >= 11 is 0. The van der Waals surface area contributed by atoms with Crippen molar-refractivity contribution >= 4 is 5.97 Å². The topological polar surface area (TPSA) is 92.8 Å². The largest absolute Gasteiger partial charge is 0.504 e. The lowest BCUT2D eigenvalue weighted by Crippen LogP contribution is -2.32. The summed E-state index contributed by atoms with van der Waals surface area (Å²) in [6, 6.07) is 2.25. The number of phenolic OH excluding ortho intramolecular Hbond substituents is 1. The highest BCUT2D eigenvalue weighted by molar-refractivity contribution is 5.73. The predicted octanol–water partition coefficient (Wildman–Crippen LogP) is 0.664. The lowest BCUT2D eigenvalue weighted by Gasteiger charge is -2.11. The van der Waals surface area contributed by atoms with Gasteiger partial charge in [0.25, 0.3) is 0 Å². The summed E-state index contributed by atoms with van der Waals surface area (Å²) < 4.78 is 4.99. The molecule has 1 rings (SSSR count). The molecule has 0 aliphatic carbocycles. The van der Waals surface area contributed by atoms with E-state index in [9.17, 15) is 9.90 Å². The Bertz CT molecular complexity index is 380. The van der Waals surface area contributed by atoms with Gasteiger partial charge in [0.1, 0.15) is 6.04 Å². The van der Waals surface area contributed by atoms with E-state index in [0.717, 1.165) is 5.56 Å². The molecule has 88 valence electrons. The number of nitrogens with two attached hydrogens (primary N) is 1. The van der Waals surface area contributed by atoms with E-state index in [1.165, 1.54) is 13.2 Å². The van der Waals surface area contributed by atoms with Crippen LogP contribution in [0.5, 0.6) is 11.5 Å². The van der Waals surface area contributed by atoms with E-state index in [1.54, 1.807) is 13.0 Å². The lowest BCUT2D eigenvalue weighted by molar-refractivity contribution is -0.138. The van der Waals surface area contributed by atoms with Crippen LogP contribution in [0.4, 0.5) is 0 Å². The SMILES string of the molecule is COc1c(C)cc(C[C@H](N)C(=O)O)cc1O. The summed E-state index contributed by atoms with van der Waals surface area (Å²) in [6.07, 6.45) is 0.174. The highest BCUT2D eigenvalue weighted by atomic mass is 16.5. The maximum atomic E-state index is 10.6. The lowest BCUT2D eigenvalue weighted by atomic mass is 10.0. The number of aryl methyl sites for hydroxylation is 1. The van der Waals surface area contributed by atoms with Crippen LogP contribution in [0.15, 0.2) is 12.1 Å². The van der Waals surface area contributed by atoms with Gasteiger partial charge in [-0.05, 0) is 30.5 Å². The number of hydrogen-bond donors (Lipinski definition) is 3. The summed E-state index contributed by atoms with van der Waals surface area (Å²) in [4.78, 5) is 10.6. The molecule has 0 unspecified atom stereocenters. The Morgan fingerprint density at radius 2 is 2.19 bits per heavy atom. The fourth-order valence-corrected chi connectivity index (χ4v) is 1.55. The molecule has 0 bridgehead atoms. The molecule has 0 saturated carbocycles. The van der Waals surface area contributed by atoms with Crippen LogP contribution in [-0.2, 0) is 11.2 Å². The number of aromatic hydroxyl groups is 1. The third kappa shape index (κ3) is 2.64. The molecule has 0 aliphatic rings. The molecule has 1 atom stereocenters. The van der Waals surface area contributed by atoms with E-state index in [4.69, 9.17) is 15.6 Å². The van der Waals surface area contributed by atoms with Gasteiger partial charge in [0.15, 0.2) is 11.5 Å². The highest BCUT2D eigenvalue weighted by Crippen LogP contribution is 2.31. The van der Waals surface area contributed by atoms with Gasteiger partial charge in [0.2, 0.25) is 0 Å². The maximum Gasteiger partial charge on any atom is 0.320 e. The number of ether oxygens (including phenoxy) is 1. The van der Waals surface area contributed by atoms with Gasteiger partial charge in [0, 0.05) is 0 Å². The number of benzene rings is 1. The Morgan fingerprint density at radius 1 is 1.56 bits per heavy atom. The summed E-state index contributed by atoms with van der Waals surface area (Å²) in [5, 5.41) is 18.3. The third-order valence-electron chi connectivity index (χ3n) is 2.29. The first-order valence-electron chi connectivity index (χ1n) is 4.80. The zero-order chi connectivity index (χ0) is 12.3. The minimum absolute atomic E-state index is 0.00455. The average Bonchev–Trinajstić information content (AvgIpc) is 2.16. The minimum atomic E-state index is -1.06. The molecule has 0 spiro atoms. The molecule has 0 heterocycles. The number of rotatable bonds is 4. The number of carbonyl (C=O) groups is 1. The molecule has 5 heteroatoms. The molecule has 0 radical (unpaired) electrons. The van der Waals surface area contributed by atoms with Gasteiger partial charge in [-0.25, -0.2) is 0 Å². The van der Waals surface area contributed by atoms with Crippen molar-refractivity contribution in [1.82, 2.24) is 0 Å². The van der Waals surface area contributed by atoms with Crippen molar-refractivity contribution in [2.45, 2.75) is 19.4 Å².